The summed E-state index contributed by atoms with van der Waals surface area (Å²) in [6.45, 7) is 2.26. The number of nitrogens with zero attached hydrogens (tertiary/aromatic N) is 1. The summed E-state index contributed by atoms with van der Waals surface area (Å²) >= 11 is 0. The van der Waals surface area contributed by atoms with E-state index in [0.29, 0.717) is 17.6 Å². The summed E-state index contributed by atoms with van der Waals surface area (Å²) in [6.07, 6.45) is 5.08. The number of carbonyl (C=O) groups excluding carboxylic acids is 1. The Bertz CT molecular complexity index is 451. The zero-order valence-corrected chi connectivity index (χ0v) is 11.1. The zero-order valence-electron chi connectivity index (χ0n) is 11.1. The van der Waals surface area contributed by atoms with E-state index < -0.39 is 0 Å². The standard InChI is InChI=1S/C15H21N3O/c16-15(19)11-5-7-12(8-6-11)18-10-2-4-14(18)13-3-1-9-17-13/h5-8,13-14,17H,1-4,9-10H2,(H2,16,19). The Morgan fingerprint density at radius 1 is 1.21 bits per heavy atom. The molecule has 2 fully saturated rings. The Balaban J connectivity index is 1.78. The first-order valence-electron chi connectivity index (χ1n) is 7.15. The number of nitrogens with one attached hydrogen (secondary N) is 1. The highest BCUT2D eigenvalue weighted by Crippen LogP contribution is 2.30. The van der Waals surface area contributed by atoms with Crippen molar-refractivity contribution in [1.82, 2.24) is 5.32 Å². The number of nitrogens with two attached hydrogens (primary N) is 1. The van der Waals surface area contributed by atoms with Crippen molar-refractivity contribution in [3.8, 4) is 0 Å². The number of rotatable bonds is 3. The average Bonchev–Trinajstić information content (AvgIpc) is 3.09. The van der Waals surface area contributed by atoms with Gasteiger partial charge in [-0.05, 0) is 56.5 Å². The maximum Gasteiger partial charge on any atom is 0.248 e. The lowest BCUT2D eigenvalue weighted by Gasteiger charge is -2.31. The van der Waals surface area contributed by atoms with Gasteiger partial charge in [0.2, 0.25) is 5.91 Å². The summed E-state index contributed by atoms with van der Waals surface area (Å²) in [4.78, 5) is 13.6. The molecule has 0 spiro atoms. The maximum absolute atomic E-state index is 11.1. The van der Waals surface area contributed by atoms with Crippen LogP contribution in [-0.4, -0.2) is 31.1 Å². The molecule has 2 aliphatic heterocycles. The van der Waals surface area contributed by atoms with Gasteiger partial charge in [0.1, 0.15) is 0 Å². The van der Waals surface area contributed by atoms with Gasteiger partial charge in [0, 0.05) is 29.9 Å². The highest BCUT2D eigenvalue weighted by molar-refractivity contribution is 5.93. The van der Waals surface area contributed by atoms with Crippen LogP contribution < -0.4 is 16.0 Å². The van der Waals surface area contributed by atoms with Crippen LogP contribution in [0.4, 0.5) is 5.69 Å². The SMILES string of the molecule is NC(=O)c1ccc(N2CCCC2C2CCCN2)cc1. The minimum atomic E-state index is -0.359. The van der Waals surface area contributed by atoms with E-state index in [4.69, 9.17) is 5.73 Å². The van der Waals surface area contributed by atoms with Gasteiger partial charge >= 0.3 is 0 Å². The van der Waals surface area contributed by atoms with Gasteiger partial charge in [-0.2, -0.15) is 0 Å². The van der Waals surface area contributed by atoms with Crippen LogP contribution in [0.5, 0.6) is 0 Å². The smallest absolute Gasteiger partial charge is 0.248 e. The fraction of sp³-hybridized carbons (Fsp3) is 0.533. The van der Waals surface area contributed by atoms with E-state index in [1.54, 1.807) is 0 Å². The predicted octanol–water partition coefficient (Wildman–Crippen LogP) is 1.51. The molecule has 102 valence electrons. The minimum Gasteiger partial charge on any atom is -0.367 e. The summed E-state index contributed by atoms with van der Waals surface area (Å²) in [6, 6.07) is 8.92. The quantitative estimate of drug-likeness (QED) is 0.865. The molecule has 2 saturated heterocycles. The van der Waals surface area contributed by atoms with Gasteiger partial charge in [0.05, 0.1) is 0 Å². The number of hydrogen-bond donors (Lipinski definition) is 2. The lowest BCUT2D eigenvalue weighted by atomic mass is 10.0. The Hall–Kier alpha value is -1.55. The third kappa shape index (κ3) is 2.45. The van der Waals surface area contributed by atoms with Crippen molar-refractivity contribution in [1.29, 1.82) is 0 Å². The molecule has 0 aromatic heterocycles. The molecule has 19 heavy (non-hydrogen) atoms. The Labute approximate surface area is 114 Å². The van der Waals surface area contributed by atoms with Crippen molar-refractivity contribution >= 4 is 11.6 Å². The summed E-state index contributed by atoms with van der Waals surface area (Å²) in [5.74, 6) is -0.359. The number of hydrogen-bond acceptors (Lipinski definition) is 3. The Morgan fingerprint density at radius 3 is 2.63 bits per heavy atom. The molecule has 0 bridgehead atoms. The van der Waals surface area contributed by atoms with Crippen LogP contribution in [0, 0.1) is 0 Å². The monoisotopic (exact) mass is 259 g/mol. The number of amides is 1. The van der Waals surface area contributed by atoms with Gasteiger partial charge < -0.3 is 16.0 Å². The molecule has 0 aliphatic carbocycles. The van der Waals surface area contributed by atoms with Crippen LogP contribution in [0.15, 0.2) is 24.3 Å². The number of benzene rings is 1. The third-order valence-corrected chi connectivity index (χ3v) is 4.35. The van der Waals surface area contributed by atoms with E-state index in [1.807, 2.05) is 24.3 Å². The molecule has 4 heteroatoms. The Morgan fingerprint density at radius 2 is 2.00 bits per heavy atom. The molecule has 2 aliphatic rings. The van der Waals surface area contributed by atoms with E-state index in [-0.39, 0.29) is 5.91 Å². The predicted molar refractivity (Wildman–Crippen MR) is 76.4 cm³/mol. The zero-order chi connectivity index (χ0) is 13.2. The summed E-state index contributed by atoms with van der Waals surface area (Å²) < 4.78 is 0. The first kappa shape index (κ1) is 12.5. The molecule has 0 saturated carbocycles. The molecule has 2 heterocycles. The van der Waals surface area contributed by atoms with Crippen molar-refractivity contribution in [3.63, 3.8) is 0 Å². The highest BCUT2D eigenvalue weighted by atomic mass is 16.1. The van der Waals surface area contributed by atoms with Gasteiger partial charge in [-0.25, -0.2) is 0 Å². The molecule has 3 N–H and O–H groups in total. The van der Waals surface area contributed by atoms with Gasteiger partial charge in [-0.1, -0.05) is 0 Å². The second-order valence-corrected chi connectivity index (χ2v) is 5.52. The molecule has 1 aromatic rings. The molecule has 0 radical (unpaired) electrons. The van der Waals surface area contributed by atoms with E-state index >= 15 is 0 Å². The highest BCUT2D eigenvalue weighted by Gasteiger charge is 2.33. The maximum atomic E-state index is 11.1. The molecular formula is C15H21N3O. The topological polar surface area (TPSA) is 58.4 Å². The van der Waals surface area contributed by atoms with E-state index in [9.17, 15) is 4.79 Å². The van der Waals surface area contributed by atoms with Crippen molar-refractivity contribution in [3.05, 3.63) is 29.8 Å². The second kappa shape index (κ2) is 5.21. The number of carbonyl (C=O) groups is 1. The normalized spacial score (nSPS) is 26.8. The average molecular weight is 259 g/mol. The summed E-state index contributed by atoms with van der Waals surface area (Å²) in [5.41, 5.74) is 7.07. The van der Waals surface area contributed by atoms with E-state index in [1.165, 1.54) is 31.4 Å². The van der Waals surface area contributed by atoms with Crippen LogP contribution in [-0.2, 0) is 0 Å². The van der Waals surface area contributed by atoms with Gasteiger partial charge in [0.15, 0.2) is 0 Å². The van der Waals surface area contributed by atoms with Crippen molar-refractivity contribution in [2.45, 2.75) is 37.8 Å². The number of primary amides is 1. The Kier molecular flexibility index (Phi) is 3.42. The molecule has 2 atom stereocenters. The first-order chi connectivity index (χ1) is 9.25. The third-order valence-electron chi connectivity index (χ3n) is 4.35. The lowest BCUT2D eigenvalue weighted by Crippen LogP contribution is -2.44. The minimum absolute atomic E-state index is 0.359. The van der Waals surface area contributed by atoms with Crippen molar-refractivity contribution in [2.75, 3.05) is 18.0 Å². The fourth-order valence-corrected chi connectivity index (χ4v) is 3.39. The van der Waals surface area contributed by atoms with Crippen LogP contribution in [0.3, 0.4) is 0 Å². The molecule has 3 rings (SSSR count). The van der Waals surface area contributed by atoms with Crippen molar-refractivity contribution < 1.29 is 4.79 Å². The van der Waals surface area contributed by atoms with Crippen molar-refractivity contribution in [2.24, 2.45) is 5.73 Å². The molecular weight excluding hydrogens is 238 g/mol. The second-order valence-electron chi connectivity index (χ2n) is 5.52. The van der Waals surface area contributed by atoms with Gasteiger partial charge in [-0.15, -0.1) is 0 Å². The number of anilines is 1. The first-order valence-corrected chi connectivity index (χ1v) is 7.15. The van der Waals surface area contributed by atoms with Gasteiger partial charge in [-0.3, -0.25) is 4.79 Å². The molecule has 4 nitrogen and oxygen atoms in total. The van der Waals surface area contributed by atoms with Crippen LogP contribution in [0.2, 0.25) is 0 Å². The summed E-state index contributed by atoms with van der Waals surface area (Å²) in [5, 5.41) is 3.61. The largest absolute Gasteiger partial charge is 0.367 e. The molecule has 1 amide bonds. The lowest BCUT2D eigenvalue weighted by molar-refractivity contribution is 0.100. The van der Waals surface area contributed by atoms with Crippen LogP contribution >= 0.6 is 0 Å². The molecule has 1 aromatic carbocycles. The fourth-order valence-electron chi connectivity index (χ4n) is 3.39. The molecule has 2 unspecified atom stereocenters. The van der Waals surface area contributed by atoms with Crippen LogP contribution in [0.25, 0.3) is 0 Å². The van der Waals surface area contributed by atoms with Gasteiger partial charge in [0.25, 0.3) is 0 Å². The van der Waals surface area contributed by atoms with Crippen LogP contribution in [0.1, 0.15) is 36.0 Å². The van der Waals surface area contributed by atoms with E-state index in [2.05, 4.69) is 10.2 Å². The summed E-state index contributed by atoms with van der Waals surface area (Å²) in [7, 11) is 0. The van der Waals surface area contributed by atoms with E-state index in [0.717, 1.165) is 13.1 Å².